The lowest BCUT2D eigenvalue weighted by Gasteiger charge is -2.21. The minimum atomic E-state index is 0.0213. The van der Waals surface area contributed by atoms with E-state index in [1.165, 1.54) is 5.56 Å². The molecule has 1 unspecified atom stereocenters. The van der Waals surface area contributed by atoms with Crippen LogP contribution in [0.25, 0.3) is 0 Å². The van der Waals surface area contributed by atoms with Crippen molar-refractivity contribution in [1.82, 2.24) is 15.5 Å². The fraction of sp³-hybridized carbons (Fsp3) is 0.556. The van der Waals surface area contributed by atoms with E-state index in [0.29, 0.717) is 5.92 Å². The van der Waals surface area contributed by atoms with E-state index >= 15 is 0 Å². The number of rotatable bonds is 6. The number of hydrogen-bond donors (Lipinski definition) is 2. The number of amides is 1. The van der Waals surface area contributed by atoms with Gasteiger partial charge in [-0.3, -0.25) is 9.79 Å². The lowest BCUT2D eigenvalue weighted by molar-refractivity contribution is -0.120. The first kappa shape index (κ1) is 17.3. The SMILES string of the molecule is CCCNC(=O)CNC(=NC)N1CCC(Cc2ccccc2)C1. The first-order valence-corrected chi connectivity index (χ1v) is 8.49. The van der Waals surface area contributed by atoms with Gasteiger partial charge in [0.1, 0.15) is 0 Å². The molecule has 1 saturated heterocycles. The van der Waals surface area contributed by atoms with E-state index in [0.717, 1.165) is 44.9 Å². The zero-order valence-electron chi connectivity index (χ0n) is 14.2. The van der Waals surface area contributed by atoms with Crippen LogP contribution in [0, 0.1) is 5.92 Å². The Hall–Kier alpha value is -2.04. The Bertz CT molecular complexity index is 515. The Balaban J connectivity index is 1.78. The molecule has 1 amide bonds. The van der Waals surface area contributed by atoms with Crippen molar-refractivity contribution in [2.45, 2.75) is 26.2 Å². The summed E-state index contributed by atoms with van der Waals surface area (Å²) in [7, 11) is 1.77. The van der Waals surface area contributed by atoms with Gasteiger partial charge in [0, 0.05) is 26.7 Å². The molecule has 126 valence electrons. The van der Waals surface area contributed by atoms with Crippen molar-refractivity contribution in [3.63, 3.8) is 0 Å². The van der Waals surface area contributed by atoms with Gasteiger partial charge in [0.2, 0.25) is 5.91 Å². The van der Waals surface area contributed by atoms with Crippen molar-refractivity contribution in [1.29, 1.82) is 0 Å². The molecule has 5 nitrogen and oxygen atoms in total. The Morgan fingerprint density at radius 2 is 2.09 bits per heavy atom. The quantitative estimate of drug-likeness (QED) is 0.620. The molecule has 0 aromatic heterocycles. The summed E-state index contributed by atoms with van der Waals surface area (Å²) in [5.74, 6) is 1.49. The molecule has 1 aromatic carbocycles. The monoisotopic (exact) mass is 316 g/mol. The summed E-state index contributed by atoms with van der Waals surface area (Å²) in [5, 5.41) is 6.04. The van der Waals surface area contributed by atoms with Gasteiger partial charge in [-0.2, -0.15) is 0 Å². The number of aliphatic imine (C=N–C) groups is 1. The molecule has 1 aliphatic heterocycles. The topological polar surface area (TPSA) is 56.7 Å². The lowest BCUT2D eigenvalue weighted by Crippen LogP contribution is -2.44. The molecular weight excluding hydrogens is 288 g/mol. The Kier molecular flexibility index (Phi) is 6.91. The standard InChI is InChI=1S/C18H28N4O/c1-3-10-20-17(23)13-21-18(19-2)22-11-9-16(14-22)12-15-7-5-4-6-8-15/h4-8,16H,3,9-14H2,1-2H3,(H,19,21)(H,20,23). The van der Waals surface area contributed by atoms with Gasteiger partial charge in [0.25, 0.3) is 0 Å². The average molecular weight is 316 g/mol. The van der Waals surface area contributed by atoms with Gasteiger partial charge in [-0.15, -0.1) is 0 Å². The lowest BCUT2D eigenvalue weighted by atomic mass is 9.99. The summed E-state index contributed by atoms with van der Waals surface area (Å²) in [6.07, 6.45) is 3.22. The van der Waals surface area contributed by atoms with Crippen LogP contribution in [0.4, 0.5) is 0 Å². The highest BCUT2D eigenvalue weighted by Gasteiger charge is 2.25. The molecule has 0 aliphatic carbocycles. The maximum absolute atomic E-state index is 11.7. The van der Waals surface area contributed by atoms with Gasteiger partial charge >= 0.3 is 0 Å². The second-order valence-electron chi connectivity index (χ2n) is 6.04. The summed E-state index contributed by atoms with van der Waals surface area (Å²) < 4.78 is 0. The average Bonchev–Trinajstić information content (AvgIpc) is 3.03. The predicted molar refractivity (Wildman–Crippen MR) is 94.5 cm³/mol. The number of hydrogen-bond acceptors (Lipinski definition) is 2. The summed E-state index contributed by atoms with van der Waals surface area (Å²) in [5.41, 5.74) is 1.39. The third-order valence-electron chi connectivity index (χ3n) is 4.14. The zero-order chi connectivity index (χ0) is 16.5. The van der Waals surface area contributed by atoms with E-state index < -0.39 is 0 Å². The van der Waals surface area contributed by atoms with E-state index in [2.05, 4.69) is 50.9 Å². The number of nitrogens with zero attached hydrogens (tertiary/aromatic N) is 2. The molecule has 2 N–H and O–H groups in total. The van der Waals surface area contributed by atoms with Gasteiger partial charge in [-0.05, 0) is 30.7 Å². The van der Waals surface area contributed by atoms with Crippen molar-refractivity contribution in [2.24, 2.45) is 10.9 Å². The summed E-state index contributed by atoms with van der Waals surface area (Å²) >= 11 is 0. The zero-order valence-corrected chi connectivity index (χ0v) is 14.2. The third kappa shape index (κ3) is 5.58. The number of benzene rings is 1. The van der Waals surface area contributed by atoms with Crippen LogP contribution in [0.5, 0.6) is 0 Å². The number of likely N-dealkylation sites (tertiary alicyclic amines) is 1. The molecule has 1 aromatic rings. The van der Waals surface area contributed by atoms with Crippen LogP contribution in [-0.2, 0) is 11.2 Å². The van der Waals surface area contributed by atoms with Gasteiger partial charge in [-0.25, -0.2) is 0 Å². The fourth-order valence-corrected chi connectivity index (χ4v) is 2.96. The van der Waals surface area contributed by atoms with Crippen LogP contribution < -0.4 is 10.6 Å². The highest BCUT2D eigenvalue weighted by Crippen LogP contribution is 2.20. The van der Waals surface area contributed by atoms with Gasteiger partial charge in [-0.1, -0.05) is 37.3 Å². The summed E-state index contributed by atoms with van der Waals surface area (Å²) in [4.78, 5) is 18.3. The molecule has 1 aliphatic rings. The second-order valence-corrected chi connectivity index (χ2v) is 6.04. The van der Waals surface area contributed by atoms with Crippen molar-refractivity contribution in [2.75, 3.05) is 33.2 Å². The number of carbonyl (C=O) groups excluding carboxylic acids is 1. The molecule has 0 radical (unpaired) electrons. The van der Waals surface area contributed by atoms with Crippen LogP contribution in [-0.4, -0.2) is 50.0 Å². The molecule has 1 heterocycles. The number of guanidine groups is 1. The second kappa shape index (κ2) is 9.18. The molecule has 2 rings (SSSR count). The van der Waals surface area contributed by atoms with E-state index in [4.69, 9.17) is 0 Å². The minimum Gasteiger partial charge on any atom is -0.355 e. The maximum atomic E-state index is 11.7. The Morgan fingerprint density at radius 1 is 1.30 bits per heavy atom. The van der Waals surface area contributed by atoms with E-state index in [1.807, 2.05) is 6.92 Å². The predicted octanol–water partition coefficient (Wildman–Crippen LogP) is 1.65. The number of carbonyl (C=O) groups is 1. The molecule has 0 bridgehead atoms. The Morgan fingerprint density at radius 3 is 2.78 bits per heavy atom. The van der Waals surface area contributed by atoms with Gasteiger partial charge in [0.15, 0.2) is 5.96 Å². The highest BCUT2D eigenvalue weighted by molar-refractivity contribution is 5.86. The van der Waals surface area contributed by atoms with Crippen molar-refractivity contribution in [3.05, 3.63) is 35.9 Å². The molecular formula is C18H28N4O. The van der Waals surface area contributed by atoms with Gasteiger partial charge in [0.05, 0.1) is 6.54 Å². The maximum Gasteiger partial charge on any atom is 0.239 e. The van der Waals surface area contributed by atoms with E-state index in [9.17, 15) is 4.79 Å². The van der Waals surface area contributed by atoms with Crippen molar-refractivity contribution >= 4 is 11.9 Å². The summed E-state index contributed by atoms with van der Waals surface area (Å²) in [6.45, 7) is 5.04. The van der Waals surface area contributed by atoms with Crippen LogP contribution in [0.3, 0.4) is 0 Å². The highest BCUT2D eigenvalue weighted by atomic mass is 16.1. The first-order valence-electron chi connectivity index (χ1n) is 8.49. The fourth-order valence-electron chi connectivity index (χ4n) is 2.96. The molecule has 1 atom stereocenters. The first-order chi connectivity index (χ1) is 11.2. The molecule has 0 spiro atoms. The molecule has 5 heteroatoms. The largest absolute Gasteiger partial charge is 0.355 e. The van der Waals surface area contributed by atoms with Crippen molar-refractivity contribution < 1.29 is 4.79 Å². The van der Waals surface area contributed by atoms with E-state index in [1.54, 1.807) is 7.05 Å². The summed E-state index contributed by atoms with van der Waals surface area (Å²) in [6, 6.07) is 10.6. The Labute approximate surface area is 139 Å². The third-order valence-corrected chi connectivity index (χ3v) is 4.14. The molecule has 23 heavy (non-hydrogen) atoms. The van der Waals surface area contributed by atoms with Crippen LogP contribution in [0.1, 0.15) is 25.3 Å². The van der Waals surface area contributed by atoms with Gasteiger partial charge < -0.3 is 15.5 Å². The normalized spacial score (nSPS) is 18.1. The van der Waals surface area contributed by atoms with Crippen LogP contribution in [0.15, 0.2) is 35.3 Å². The smallest absolute Gasteiger partial charge is 0.239 e. The van der Waals surface area contributed by atoms with Crippen LogP contribution >= 0.6 is 0 Å². The minimum absolute atomic E-state index is 0.0213. The molecule has 0 saturated carbocycles. The van der Waals surface area contributed by atoms with Crippen molar-refractivity contribution in [3.8, 4) is 0 Å². The van der Waals surface area contributed by atoms with Crippen LogP contribution in [0.2, 0.25) is 0 Å². The van der Waals surface area contributed by atoms with E-state index in [-0.39, 0.29) is 12.5 Å². The number of nitrogens with one attached hydrogen (secondary N) is 2. The molecule has 1 fully saturated rings.